The first kappa shape index (κ1) is 24.6. The number of aryl methyl sites for hydroxylation is 2. The molecule has 2 heterocycles. The Balaban J connectivity index is 0.00000320. The number of hydrogen-bond acceptors (Lipinski definition) is 5. The van der Waals surface area contributed by atoms with Crippen molar-refractivity contribution >= 4 is 29.9 Å². The van der Waals surface area contributed by atoms with Gasteiger partial charge in [-0.25, -0.2) is 0 Å². The number of nitrogens with one attached hydrogen (secondary N) is 2. The van der Waals surface area contributed by atoms with Crippen LogP contribution in [0.15, 0.2) is 33.8 Å². The Kier molecular flexibility index (Phi) is 10.6. The van der Waals surface area contributed by atoms with Gasteiger partial charge in [0.1, 0.15) is 5.76 Å². The fourth-order valence-electron chi connectivity index (χ4n) is 3.57. The molecule has 1 fully saturated rings. The van der Waals surface area contributed by atoms with Gasteiger partial charge >= 0.3 is 0 Å². The highest BCUT2D eigenvalue weighted by Gasteiger charge is 2.14. The fourth-order valence-corrected chi connectivity index (χ4v) is 3.57. The first-order valence-corrected chi connectivity index (χ1v) is 10.5. The summed E-state index contributed by atoms with van der Waals surface area (Å²) in [7, 11) is 1.79. The topological polar surface area (TPSA) is 74.9 Å². The van der Waals surface area contributed by atoms with Gasteiger partial charge in [0.15, 0.2) is 5.96 Å². The second kappa shape index (κ2) is 12.9. The number of hydrogen-bond donors (Lipinski definition) is 2. The van der Waals surface area contributed by atoms with E-state index < -0.39 is 0 Å². The van der Waals surface area contributed by atoms with Crippen molar-refractivity contribution in [3.63, 3.8) is 0 Å². The lowest BCUT2D eigenvalue weighted by Crippen LogP contribution is -2.37. The lowest BCUT2D eigenvalue weighted by molar-refractivity contribution is 0.0342. The van der Waals surface area contributed by atoms with Crippen LogP contribution in [0, 0.1) is 0 Å². The Morgan fingerprint density at radius 1 is 1.10 bits per heavy atom. The van der Waals surface area contributed by atoms with Crippen LogP contribution in [0.2, 0.25) is 0 Å². The maximum absolute atomic E-state index is 5.44. The van der Waals surface area contributed by atoms with Gasteiger partial charge in [0.2, 0.25) is 0 Å². The van der Waals surface area contributed by atoms with E-state index in [1.807, 2.05) is 0 Å². The van der Waals surface area contributed by atoms with E-state index in [9.17, 15) is 0 Å². The minimum atomic E-state index is 0. The number of aromatic nitrogens is 1. The highest BCUT2D eigenvalue weighted by molar-refractivity contribution is 14.0. The molecule has 0 spiro atoms. The van der Waals surface area contributed by atoms with Gasteiger partial charge in [-0.05, 0) is 17.5 Å². The zero-order chi connectivity index (χ0) is 20.5. The van der Waals surface area contributed by atoms with E-state index in [2.05, 4.69) is 63.8 Å². The molecule has 3 rings (SSSR count). The molecule has 0 atom stereocenters. The summed E-state index contributed by atoms with van der Waals surface area (Å²) in [5, 5.41) is 11.0. The molecule has 2 aromatic rings. The van der Waals surface area contributed by atoms with Crippen LogP contribution in [0.25, 0.3) is 0 Å². The molecule has 1 aromatic heterocycles. The predicted octanol–water partition coefficient (Wildman–Crippen LogP) is 3.11. The van der Waals surface area contributed by atoms with Gasteiger partial charge in [-0.1, -0.05) is 43.3 Å². The third-order valence-electron chi connectivity index (χ3n) is 5.22. The molecule has 1 aliphatic rings. The van der Waals surface area contributed by atoms with Crippen LogP contribution in [0.3, 0.4) is 0 Å². The summed E-state index contributed by atoms with van der Waals surface area (Å²) < 4.78 is 10.9. The Morgan fingerprint density at radius 2 is 1.83 bits per heavy atom. The molecule has 0 bridgehead atoms. The maximum atomic E-state index is 5.44. The number of benzene rings is 1. The molecular formula is C22H34IN5O2. The minimum absolute atomic E-state index is 0. The molecule has 1 saturated heterocycles. The molecule has 166 valence electrons. The monoisotopic (exact) mass is 527 g/mol. The zero-order valence-electron chi connectivity index (χ0n) is 18.2. The van der Waals surface area contributed by atoms with Crippen molar-refractivity contribution < 1.29 is 9.26 Å². The van der Waals surface area contributed by atoms with Gasteiger partial charge in [-0.15, -0.1) is 24.0 Å². The minimum Gasteiger partial charge on any atom is -0.379 e. The third-order valence-corrected chi connectivity index (χ3v) is 5.22. The van der Waals surface area contributed by atoms with E-state index in [4.69, 9.17) is 9.26 Å². The average Bonchev–Trinajstić information content (AvgIpc) is 3.17. The molecule has 1 aliphatic heterocycles. The Bertz CT molecular complexity index is 781. The quantitative estimate of drug-likeness (QED) is 0.312. The summed E-state index contributed by atoms with van der Waals surface area (Å²) in [4.78, 5) is 6.79. The lowest BCUT2D eigenvalue weighted by Gasteiger charge is -2.26. The molecule has 1 aromatic carbocycles. The van der Waals surface area contributed by atoms with E-state index in [0.717, 1.165) is 75.2 Å². The Labute approximate surface area is 196 Å². The normalized spacial score (nSPS) is 15.0. The van der Waals surface area contributed by atoms with Gasteiger partial charge in [0, 0.05) is 51.8 Å². The number of rotatable bonds is 8. The SMILES string of the molecule is CCc1noc(CC)c1CNC(=NC)NCc1cccc(CN2CCOCC2)c1.I. The molecule has 0 saturated carbocycles. The molecule has 2 N–H and O–H groups in total. The summed E-state index contributed by atoms with van der Waals surface area (Å²) in [6.45, 7) is 10.2. The fraction of sp³-hybridized carbons (Fsp3) is 0.545. The van der Waals surface area contributed by atoms with Gasteiger partial charge < -0.3 is 19.9 Å². The lowest BCUT2D eigenvalue weighted by atomic mass is 10.1. The third kappa shape index (κ3) is 6.95. The van der Waals surface area contributed by atoms with Crippen LogP contribution in [0.4, 0.5) is 0 Å². The summed E-state index contributed by atoms with van der Waals surface area (Å²) in [6, 6.07) is 8.73. The van der Waals surface area contributed by atoms with Crippen molar-refractivity contribution in [2.75, 3.05) is 33.4 Å². The summed E-state index contributed by atoms with van der Waals surface area (Å²) >= 11 is 0. The number of halogens is 1. The molecule has 0 aliphatic carbocycles. The van der Waals surface area contributed by atoms with E-state index in [-0.39, 0.29) is 24.0 Å². The number of morpholine rings is 1. The van der Waals surface area contributed by atoms with Crippen molar-refractivity contribution in [2.45, 2.75) is 46.3 Å². The second-order valence-electron chi connectivity index (χ2n) is 7.23. The second-order valence-corrected chi connectivity index (χ2v) is 7.23. The summed E-state index contributed by atoms with van der Waals surface area (Å²) in [5.41, 5.74) is 4.73. The summed E-state index contributed by atoms with van der Waals surface area (Å²) in [6.07, 6.45) is 1.70. The Morgan fingerprint density at radius 3 is 2.53 bits per heavy atom. The van der Waals surface area contributed by atoms with Gasteiger partial charge in [0.25, 0.3) is 0 Å². The average molecular weight is 527 g/mol. The summed E-state index contributed by atoms with van der Waals surface area (Å²) in [5.74, 6) is 1.72. The first-order valence-electron chi connectivity index (χ1n) is 10.5. The maximum Gasteiger partial charge on any atom is 0.191 e. The molecular weight excluding hydrogens is 493 g/mol. The number of ether oxygens (including phenoxy) is 1. The molecule has 7 nitrogen and oxygen atoms in total. The first-order chi connectivity index (χ1) is 14.2. The van der Waals surface area contributed by atoms with Crippen LogP contribution in [-0.2, 0) is 37.2 Å². The van der Waals surface area contributed by atoms with E-state index in [1.165, 1.54) is 11.1 Å². The van der Waals surface area contributed by atoms with Crippen LogP contribution in [-0.4, -0.2) is 49.4 Å². The molecule has 0 unspecified atom stereocenters. The van der Waals surface area contributed by atoms with Crippen molar-refractivity contribution in [2.24, 2.45) is 4.99 Å². The molecule has 30 heavy (non-hydrogen) atoms. The van der Waals surface area contributed by atoms with Crippen molar-refractivity contribution in [1.29, 1.82) is 0 Å². The Hall–Kier alpha value is -1.65. The van der Waals surface area contributed by atoms with Gasteiger partial charge in [0.05, 0.1) is 18.9 Å². The van der Waals surface area contributed by atoms with Crippen LogP contribution in [0.1, 0.15) is 42.0 Å². The number of nitrogens with zero attached hydrogens (tertiary/aromatic N) is 3. The largest absolute Gasteiger partial charge is 0.379 e. The standard InChI is InChI=1S/C22H33N5O2.HI/c1-4-20-19(21(5-2)29-26-20)15-25-22(23-3)24-14-17-7-6-8-18(13-17)16-27-9-11-28-12-10-27;/h6-8,13H,4-5,9-12,14-16H2,1-3H3,(H2,23,24,25);1H. The number of guanidine groups is 1. The molecule has 8 heteroatoms. The van der Waals surface area contributed by atoms with Crippen LogP contribution >= 0.6 is 24.0 Å². The van der Waals surface area contributed by atoms with Crippen molar-refractivity contribution in [3.8, 4) is 0 Å². The molecule has 0 amide bonds. The van der Waals surface area contributed by atoms with Crippen LogP contribution in [0.5, 0.6) is 0 Å². The van der Waals surface area contributed by atoms with Gasteiger partial charge in [-0.2, -0.15) is 0 Å². The number of aliphatic imine (C=N–C) groups is 1. The molecule has 0 radical (unpaired) electrons. The highest BCUT2D eigenvalue weighted by atomic mass is 127. The van der Waals surface area contributed by atoms with E-state index in [0.29, 0.717) is 6.54 Å². The van der Waals surface area contributed by atoms with E-state index in [1.54, 1.807) is 7.05 Å². The smallest absolute Gasteiger partial charge is 0.191 e. The van der Waals surface area contributed by atoms with Crippen molar-refractivity contribution in [3.05, 3.63) is 52.4 Å². The van der Waals surface area contributed by atoms with Crippen molar-refractivity contribution in [1.82, 2.24) is 20.7 Å². The van der Waals surface area contributed by atoms with Crippen LogP contribution < -0.4 is 10.6 Å². The zero-order valence-corrected chi connectivity index (χ0v) is 20.6. The van der Waals surface area contributed by atoms with Gasteiger partial charge in [-0.3, -0.25) is 9.89 Å². The van der Waals surface area contributed by atoms with E-state index >= 15 is 0 Å². The highest BCUT2D eigenvalue weighted by Crippen LogP contribution is 2.15. The predicted molar refractivity (Wildman–Crippen MR) is 130 cm³/mol.